The van der Waals surface area contributed by atoms with E-state index in [2.05, 4.69) is 15.4 Å². The Morgan fingerprint density at radius 2 is 1.84 bits per heavy atom. The van der Waals surface area contributed by atoms with E-state index in [1.165, 1.54) is 17.3 Å². The van der Waals surface area contributed by atoms with Gasteiger partial charge in [-0.15, -0.1) is 0 Å². The number of aliphatic hydroxyl groups excluding tert-OH is 1. The lowest BCUT2D eigenvalue weighted by Gasteiger charge is -2.24. The zero-order valence-electron chi connectivity index (χ0n) is 16.1. The van der Waals surface area contributed by atoms with Gasteiger partial charge >= 0.3 is 12.0 Å². The molecule has 0 aliphatic carbocycles. The Morgan fingerprint density at radius 1 is 1.10 bits per heavy atom. The topological polar surface area (TPSA) is 136 Å². The van der Waals surface area contributed by atoms with Crippen molar-refractivity contribution in [2.75, 3.05) is 6.54 Å². The number of rotatable bonds is 8. The number of nitrogens with one attached hydrogen (secondary N) is 1. The largest absolute Gasteiger partial charge is 0.479 e. The van der Waals surface area contributed by atoms with E-state index in [0.29, 0.717) is 5.02 Å². The van der Waals surface area contributed by atoms with E-state index in [4.69, 9.17) is 16.7 Å². The first-order chi connectivity index (χ1) is 14.8. The molecule has 0 aliphatic heterocycles. The molecule has 0 aliphatic rings. The number of nitrogens with zero attached hydrogens (tertiary/aromatic N) is 3. The van der Waals surface area contributed by atoms with Crippen LogP contribution >= 0.6 is 11.6 Å². The smallest absolute Gasteiger partial charge is 0.333 e. The van der Waals surface area contributed by atoms with Gasteiger partial charge in [0.25, 0.3) is 5.91 Å². The number of carbonyl (C=O) groups excluding carboxylic acids is 1. The van der Waals surface area contributed by atoms with Crippen molar-refractivity contribution in [3.8, 4) is 17.1 Å². The predicted molar refractivity (Wildman–Crippen MR) is 112 cm³/mol. The molecule has 0 radical (unpaired) electrons. The molecule has 3 aromatic rings. The fourth-order valence-electron chi connectivity index (χ4n) is 2.80. The molecule has 160 valence electrons. The van der Waals surface area contributed by atoms with E-state index in [-0.39, 0.29) is 18.8 Å². The first kappa shape index (κ1) is 22.2. The standard InChI is InChI=1S/C21H19ClN4O5/c22-16-3-1-2-15(10-16)14-6-4-13(5-7-14)11-26(12-18(27)20(29)30)25-19(28)17-8-9-23-21(31)24-17/h1-10,18,27H,11-12H2,(H,25,28)(H,29,30)(H,23,24,31). The van der Waals surface area contributed by atoms with E-state index in [9.17, 15) is 19.8 Å². The van der Waals surface area contributed by atoms with Crippen LogP contribution in [0.2, 0.25) is 5.02 Å². The van der Waals surface area contributed by atoms with Crippen molar-refractivity contribution in [3.05, 3.63) is 77.1 Å². The van der Waals surface area contributed by atoms with Gasteiger partial charge in [0, 0.05) is 17.8 Å². The fraction of sp³-hybridized carbons (Fsp3) is 0.143. The Morgan fingerprint density at radius 3 is 2.48 bits per heavy atom. The first-order valence-corrected chi connectivity index (χ1v) is 9.53. The third kappa shape index (κ3) is 6.22. The van der Waals surface area contributed by atoms with Crippen LogP contribution in [0.1, 0.15) is 16.1 Å². The number of aromatic nitrogens is 2. The molecule has 0 fully saturated rings. The number of carboxylic acids is 1. The summed E-state index contributed by atoms with van der Waals surface area (Å²) in [6.45, 7) is -0.253. The molecule has 0 bridgehead atoms. The van der Waals surface area contributed by atoms with E-state index in [1.807, 2.05) is 42.5 Å². The highest BCUT2D eigenvalue weighted by atomic mass is 35.5. The van der Waals surface area contributed by atoms with Crippen molar-refractivity contribution in [2.24, 2.45) is 0 Å². The van der Waals surface area contributed by atoms with E-state index in [0.717, 1.165) is 16.7 Å². The molecule has 9 nitrogen and oxygen atoms in total. The third-order valence-corrected chi connectivity index (χ3v) is 4.53. The molecule has 31 heavy (non-hydrogen) atoms. The molecule has 1 unspecified atom stereocenters. The zero-order chi connectivity index (χ0) is 22.4. The molecular formula is C21H19ClN4O5. The number of aliphatic carboxylic acids is 1. The van der Waals surface area contributed by atoms with Gasteiger partial charge in [-0.05, 0) is 34.9 Å². The van der Waals surface area contributed by atoms with Gasteiger partial charge in [-0.3, -0.25) is 10.2 Å². The Balaban J connectivity index is 1.76. The number of amides is 1. The molecule has 0 spiro atoms. The van der Waals surface area contributed by atoms with Crippen LogP contribution in [0.15, 0.2) is 60.8 Å². The van der Waals surface area contributed by atoms with Gasteiger partial charge < -0.3 is 15.3 Å². The van der Waals surface area contributed by atoms with Crippen LogP contribution in [0.25, 0.3) is 11.1 Å². The average molecular weight is 443 g/mol. The van der Waals surface area contributed by atoms with Gasteiger partial charge in [0.2, 0.25) is 0 Å². The number of hydrogen-bond acceptors (Lipinski definition) is 7. The average Bonchev–Trinajstić information content (AvgIpc) is 2.74. The third-order valence-electron chi connectivity index (χ3n) is 4.30. The van der Waals surface area contributed by atoms with Crippen molar-refractivity contribution in [2.45, 2.75) is 12.6 Å². The van der Waals surface area contributed by atoms with E-state index >= 15 is 0 Å². The Bertz CT molecular complexity index is 1080. The van der Waals surface area contributed by atoms with Crippen LogP contribution < -0.4 is 5.43 Å². The van der Waals surface area contributed by atoms with E-state index < -0.39 is 24.0 Å². The SMILES string of the molecule is O=C(NN(Cc1ccc(-c2cccc(Cl)c2)cc1)CC(O)C(=O)O)c1ccnc(O)n1. The summed E-state index contributed by atoms with van der Waals surface area (Å²) in [5.41, 5.74) is 5.02. The van der Waals surface area contributed by atoms with E-state index in [1.54, 1.807) is 6.07 Å². The number of aromatic hydroxyl groups is 1. The molecule has 1 atom stereocenters. The number of hydrazine groups is 1. The summed E-state index contributed by atoms with van der Waals surface area (Å²) in [7, 11) is 0. The molecule has 0 saturated carbocycles. The highest BCUT2D eigenvalue weighted by Crippen LogP contribution is 2.23. The molecule has 1 heterocycles. The molecule has 3 rings (SSSR count). The Labute approximate surface area is 182 Å². The maximum absolute atomic E-state index is 12.4. The molecular weight excluding hydrogens is 424 g/mol. The molecule has 10 heteroatoms. The summed E-state index contributed by atoms with van der Waals surface area (Å²) in [6, 6.07) is 15.5. The summed E-state index contributed by atoms with van der Waals surface area (Å²) in [4.78, 5) is 30.6. The van der Waals surface area contributed by atoms with Gasteiger partial charge in [-0.2, -0.15) is 4.98 Å². The summed E-state index contributed by atoms with van der Waals surface area (Å²) in [5.74, 6) is -2.11. The van der Waals surface area contributed by atoms with Crippen molar-refractivity contribution in [1.29, 1.82) is 0 Å². The van der Waals surface area contributed by atoms with Crippen molar-refractivity contribution < 1.29 is 24.9 Å². The van der Waals surface area contributed by atoms with Gasteiger partial charge in [0.1, 0.15) is 5.69 Å². The lowest BCUT2D eigenvalue weighted by Crippen LogP contribution is -2.47. The summed E-state index contributed by atoms with van der Waals surface area (Å²) >= 11 is 6.03. The van der Waals surface area contributed by atoms with Crippen LogP contribution in [0.3, 0.4) is 0 Å². The second-order valence-corrected chi connectivity index (χ2v) is 7.06. The van der Waals surface area contributed by atoms with Crippen LogP contribution in [-0.4, -0.2) is 54.8 Å². The highest BCUT2D eigenvalue weighted by Gasteiger charge is 2.21. The zero-order valence-corrected chi connectivity index (χ0v) is 16.9. The number of hydrogen-bond donors (Lipinski definition) is 4. The summed E-state index contributed by atoms with van der Waals surface area (Å²) in [6.07, 6.45) is -0.507. The molecule has 2 aromatic carbocycles. The number of carbonyl (C=O) groups is 2. The Hall–Kier alpha value is -3.53. The number of aliphatic hydroxyl groups is 1. The normalized spacial score (nSPS) is 11.8. The van der Waals surface area contributed by atoms with Crippen molar-refractivity contribution >= 4 is 23.5 Å². The Kier molecular flexibility index (Phi) is 7.14. The van der Waals surface area contributed by atoms with Gasteiger partial charge in [0.05, 0.1) is 6.54 Å². The maximum atomic E-state index is 12.4. The summed E-state index contributed by atoms with van der Waals surface area (Å²) < 4.78 is 0. The van der Waals surface area contributed by atoms with Crippen LogP contribution in [0, 0.1) is 0 Å². The van der Waals surface area contributed by atoms with Crippen LogP contribution in [0.4, 0.5) is 0 Å². The minimum atomic E-state index is -1.72. The lowest BCUT2D eigenvalue weighted by atomic mass is 10.0. The molecule has 1 aromatic heterocycles. The van der Waals surface area contributed by atoms with Crippen molar-refractivity contribution in [3.63, 3.8) is 0 Å². The highest BCUT2D eigenvalue weighted by molar-refractivity contribution is 6.30. The van der Waals surface area contributed by atoms with Crippen LogP contribution in [0.5, 0.6) is 6.01 Å². The second-order valence-electron chi connectivity index (χ2n) is 6.62. The second kappa shape index (κ2) is 9.98. The molecule has 0 saturated heterocycles. The van der Waals surface area contributed by atoms with Gasteiger partial charge in [0.15, 0.2) is 6.10 Å². The lowest BCUT2D eigenvalue weighted by molar-refractivity contribution is -0.148. The molecule has 1 amide bonds. The van der Waals surface area contributed by atoms with Crippen molar-refractivity contribution in [1.82, 2.24) is 20.4 Å². The fourth-order valence-corrected chi connectivity index (χ4v) is 2.99. The monoisotopic (exact) mass is 442 g/mol. The maximum Gasteiger partial charge on any atom is 0.333 e. The van der Waals surface area contributed by atoms with Crippen LogP contribution in [-0.2, 0) is 11.3 Å². The summed E-state index contributed by atoms with van der Waals surface area (Å²) in [5, 5.41) is 30.0. The first-order valence-electron chi connectivity index (χ1n) is 9.15. The number of halogens is 1. The number of carboxylic acid groups (broad SMARTS) is 1. The van der Waals surface area contributed by atoms with Gasteiger partial charge in [-0.1, -0.05) is 48.0 Å². The minimum Gasteiger partial charge on any atom is -0.479 e. The quantitative estimate of drug-likeness (QED) is 0.389. The predicted octanol–water partition coefficient (Wildman–Crippen LogP) is 2.10. The minimum absolute atomic E-state index is 0.112. The number of benzene rings is 2. The molecule has 4 N–H and O–H groups in total. The van der Waals surface area contributed by atoms with Gasteiger partial charge in [-0.25, -0.2) is 14.8 Å².